The zero-order valence-electron chi connectivity index (χ0n) is 14.7. The highest BCUT2D eigenvalue weighted by atomic mass is 16.5. The average molecular weight is 355 g/mol. The molecule has 3 aromatic rings. The smallest absolute Gasteiger partial charge is 0.322 e. The Morgan fingerprint density at radius 3 is 2.88 bits per heavy atom. The van der Waals surface area contributed by atoms with E-state index < -0.39 is 5.91 Å². The number of para-hydroxylation sites is 1. The van der Waals surface area contributed by atoms with Gasteiger partial charge >= 0.3 is 6.01 Å². The van der Waals surface area contributed by atoms with E-state index in [1.54, 1.807) is 6.07 Å². The highest BCUT2D eigenvalue weighted by Gasteiger charge is 2.23. The van der Waals surface area contributed by atoms with E-state index in [4.69, 9.17) is 13.6 Å². The Balaban J connectivity index is 1.50. The Bertz CT molecular complexity index is 909. The number of carbonyl (C=O) groups is 1. The number of nitrogens with zero attached hydrogens (tertiary/aromatic N) is 2. The number of rotatable bonds is 5. The van der Waals surface area contributed by atoms with Crippen LogP contribution < -0.4 is 10.1 Å². The van der Waals surface area contributed by atoms with Gasteiger partial charge in [0, 0.05) is 11.3 Å². The van der Waals surface area contributed by atoms with Gasteiger partial charge in [-0.3, -0.25) is 10.1 Å². The Morgan fingerprint density at radius 1 is 1.23 bits per heavy atom. The van der Waals surface area contributed by atoms with Crippen molar-refractivity contribution in [3.63, 3.8) is 0 Å². The van der Waals surface area contributed by atoms with Crippen LogP contribution in [-0.2, 0) is 0 Å². The molecular weight excluding hydrogens is 334 g/mol. The lowest BCUT2D eigenvalue weighted by Crippen LogP contribution is -2.11. The number of hydrogen-bond donors (Lipinski definition) is 1. The van der Waals surface area contributed by atoms with Crippen LogP contribution in [0.15, 0.2) is 33.1 Å². The summed E-state index contributed by atoms with van der Waals surface area (Å²) in [5.74, 6) is 1.25. The van der Waals surface area contributed by atoms with E-state index in [2.05, 4.69) is 15.5 Å². The first-order valence-electron chi connectivity index (χ1n) is 9.04. The molecule has 26 heavy (non-hydrogen) atoms. The summed E-state index contributed by atoms with van der Waals surface area (Å²) in [4.78, 5) is 12.5. The normalized spacial score (nSPS) is 15.3. The zero-order chi connectivity index (χ0) is 17.9. The van der Waals surface area contributed by atoms with Crippen molar-refractivity contribution in [3.8, 4) is 5.75 Å². The van der Waals surface area contributed by atoms with E-state index in [9.17, 15) is 4.79 Å². The van der Waals surface area contributed by atoms with Crippen LogP contribution in [0.2, 0.25) is 0 Å². The third kappa shape index (κ3) is 3.29. The standard InChI is InChI=1S/C19H21N3O4/c1-2-24-14-10-6-9-13-11-15(25-16(13)14)17(23)20-19-22-21-18(26-19)12-7-4-3-5-8-12/h6,9-12H,2-5,7-8H2,1H3,(H,20,22,23). The maximum absolute atomic E-state index is 12.5. The minimum absolute atomic E-state index is 0.0982. The topological polar surface area (TPSA) is 90.4 Å². The van der Waals surface area contributed by atoms with Crippen molar-refractivity contribution in [1.82, 2.24) is 10.2 Å². The largest absolute Gasteiger partial charge is 0.490 e. The molecule has 1 amide bonds. The lowest BCUT2D eigenvalue weighted by Gasteiger charge is -2.17. The minimum Gasteiger partial charge on any atom is -0.490 e. The summed E-state index contributed by atoms with van der Waals surface area (Å²) in [6.45, 7) is 2.42. The number of fused-ring (bicyclic) bond motifs is 1. The van der Waals surface area contributed by atoms with Crippen molar-refractivity contribution in [1.29, 1.82) is 0 Å². The van der Waals surface area contributed by atoms with Crippen LogP contribution in [0.4, 0.5) is 6.01 Å². The molecule has 7 nitrogen and oxygen atoms in total. The fraction of sp³-hybridized carbons (Fsp3) is 0.421. The Kier molecular flexibility index (Phi) is 4.60. The third-order valence-corrected chi connectivity index (χ3v) is 4.65. The third-order valence-electron chi connectivity index (χ3n) is 4.65. The highest BCUT2D eigenvalue weighted by Crippen LogP contribution is 2.32. The molecule has 1 N–H and O–H groups in total. The molecule has 1 saturated carbocycles. The molecule has 0 aliphatic heterocycles. The van der Waals surface area contributed by atoms with Gasteiger partial charge in [0.05, 0.1) is 6.61 Å². The first-order chi connectivity index (χ1) is 12.7. The number of nitrogens with one attached hydrogen (secondary N) is 1. The molecule has 0 saturated heterocycles. The second-order valence-corrected chi connectivity index (χ2v) is 6.45. The number of anilines is 1. The van der Waals surface area contributed by atoms with Gasteiger partial charge in [0.2, 0.25) is 5.89 Å². The number of carbonyl (C=O) groups excluding carboxylic acids is 1. The molecule has 0 spiro atoms. The number of amides is 1. The Labute approximate surface area is 150 Å². The van der Waals surface area contributed by atoms with E-state index in [-0.39, 0.29) is 11.8 Å². The minimum atomic E-state index is -0.428. The molecule has 1 aliphatic rings. The van der Waals surface area contributed by atoms with Crippen molar-refractivity contribution in [2.24, 2.45) is 0 Å². The fourth-order valence-electron chi connectivity index (χ4n) is 3.38. The maximum Gasteiger partial charge on any atom is 0.322 e. The monoisotopic (exact) mass is 355 g/mol. The van der Waals surface area contributed by atoms with Gasteiger partial charge in [-0.1, -0.05) is 36.5 Å². The van der Waals surface area contributed by atoms with Crippen LogP contribution in [0.1, 0.15) is 61.4 Å². The van der Waals surface area contributed by atoms with E-state index in [1.165, 1.54) is 19.3 Å². The van der Waals surface area contributed by atoms with E-state index in [1.807, 2.05) is 25.1 Å². The van der Waals surface area contributed by atoms with Crippen LogP contribution in [0.25, 0.3) is 11.0 Å². The van der Waals surface area contributed by atoms with Gasteiger partial charge in [-0.05, 0) is 31.9 Å². The molecule has 2 heterocycles. The van der Waals surface area contributed by atoms with Gasteiger partial charge in [0.1, 0.15) is 0 Å². The SMILES string of the molecule is CCOc1cccc2cc(C(=O)Nc3nnc(C4CCCCC4)o3)oc12. The van der Waals surface area contributed by atoms with Crippen LogP contribution in [0.3, 0.4) is 0 Å². The molecule has 7 heteroatoms. The molecule has 1 aliphatic carbocycles. The summed E-state index contributed by atoms with van der Waals surface area (Å²) in [6.07, 6.45) is 5.72. The molecule has 2 aromatic heterocycles. The van der Waals surface area contributed by atoms with Gasteiger partial charge in [-0.25, -0.2) is 0 Å². The van der Waals surface area contributed by atoms with Crippen molar-refractivity contribution < 1.29 is 18.4 Å². The van der Waals surface area contributed by atoms with Crippen LogP contribution in [0, 0.1) is 0 Å². The average Bonchev–Trinajstić information content (AvgIpc) is 3.30. The van der Waals surface area contributed by atoms with Crippen molar-refractivity contribution >= 4 is 22.9 Å². The zero-order valence-corrected chi connectivity index (χ0v) is 14.7. The van der Waals surface area contributed by atoms with Crippen molar-refractivity contribution in [3.05, 3.63) is 35.9 Å². The first kappa shape index (κ1) is 16.6. The van der Waals surface area contributed by atoms with E-state index >= 15 is 0 Å². The van der Waals surface area contributed by atoms with Gasteiger partial charge in [-0.2, -0.15) is 0 Å². The highest BCUT2D eigenvalue weighted by molar-refractivity contribution is 6.04. The van der Waals surface area contributed by atoms with Gasteiger partial charge in [0.25, 0.3) is 5.91 Å². The van der Waals surface area contributed by atoms with Crippen LogP contribution in [0.5, 0.6) is 5.75 Å². The van der Waals surface area contributed by atoms with Gasteiger partial charge in [-0.15, -0.1) is 5.10 Å². The van der Waals surface area contributed by atoms with E-state index in [0.717, 1.165) is 18.2 Å². The van der Waals surface area contributed by atoms with Crippen LogP contribution >= 0.6 is 0 Å². The number of furan rings is 1. The fourth-order valence-corrected chi connectivity index (χ4v) is 3.38. The Morgan fingerprint density at radius 2 is 2.08 bits per heavy atom. The van der Waals surface area contributed by atoms with Crippen molar-refractivity contribution in [2.75, 3.05) is 11.9 Å². The summed E-state index contributed by atoms with van der Waals surface area (Å²) in [5, 5.41) is 11.4. The number of aromatic nitrogens is 2. The summed E-state index contributed by atoms with van der Waals surface area (Å²) in [6, 6.07) is 7.31. The molecule has 4 rings (SSSR count). The van der Waals surface area contributed by atoms with Gasteiger partial charge < -0.3 is 13.6 Å². The second-order valence-electron chi connectivity index (χ2n) is 6.45. The molecule has 136 valence electrons. The molecular formula is C19H21N3O4. The lowest BCUT2D eigenvalue weighted by molar-refractivity contribution is 0.0995. The summed E-state index contributed by atoms with van der Waals surface area (Å²) >= 11 is 0. The summed E-state index contributed by atoms with van der Waals surface area (Å²) in [5.41, 5.74) is 0.549. The summed E-state index contributed by atoms with van der Waals surface area (Å²) in [7, 11) is 0. The number of benzene rings is 1. The first-order valence-corrected chi connectivity index (χ1v) is 9.04. The number of ether oxygens (including phenoxy) is 1. The molecule has 0 unspecified atom stereocenters. The summed E-state index contributed by atoms with van der Waals surface area (Å²) < 4.78 is 16.8. The predicted octanol–water partition coefficient (Wildman–Crippen LogP) is 4.51. The predicted molar refractivity (Wildman–Crippen MR) is 95.5 cm³/mol. The Hall–Kier alpha value is -2.83. The molecule has 1 fully saturated rings. The van der Waals surface area contributed by atoms with E-state index in [0.29, 0.717) is 29.7 Å². The maximum atomic E-state index is 12.5. The number of hydrogen-bond acceptors (Lipinski definition) is 6. The van der Waals surface area contributed by atoms with Crippen LogP contribution in [-0.4, -0.2) is 22.7 Å². The second kappa shape index (κ2) is 7.19. The molecule has 0 radical (unpaired) electrons. The molecule has 1 aromatic carbocycles. The quantitative estimate of drug-likeness (QED) is 0.724. The molecule has 0 bridgehead atoms. The van der Waals surface area contributed by atoms with Crippen molar-refractivity contribution in [2.45, 2.75) is 44.9 Å². The lowest BCUT2D eigenvalue weighted by atomic mass is 9.89. The molecule has 0 atom stereocenters. The van der Waals surface area contributed by atoms with Gasteiger partial charge in [0.15, 0.2) is 17.1 Å².